The Morgan fingerprint density at radius 2 is 1.00 bits per heavy atom. The smallest absolute Gasteiger partial charge is 0.303 e. The second kappa shape index (κ2) is 25.6. The lowest BCUT2D eigenvalue weighted by Gasteiger charge is -2.02. The average molecular weight is 363 g/mol. The first-order chi connectivity index (χ1) is 12.2. The van der Waals surface area contributed by atoms with Gasteiger partial charge < -0.3 is 5.11 Å². The average Bonchev–Trinajstić information content (AvgIpc) is 2.60. The zero-order valence-corrected chi connectivity index (χ0v) is 16.9. The summed E-state index contributed by atoms with van der Waals surface area (Å²) < 4.78 is 0. The van der Waals surface area contributed by atoms with Gasteiger partial charge in [-0.1, -0.05) is 89.0 Å². The fourth-order valence-electron chi connectivity index (χ4n) is 2.42. The van der Waals surface area contributed by atoms with E-state index in [0.29, 0.717) is 19.6 Å². The van der Waals surface area contributed by atoms with Crippen molar-refractivity contribution in [3.05, 3.63) is 0 Å². The highest BCUT2D eigenvalue weighted by Gasteiger charge is 1.96. The van der Waals surface area contributed by atoms with Gasteiger partial charge in [-0.15, -0.1) is 0 Å². The van der Waals surface area contributed by atoms with E-state index in [1.54, 1.807) is 0 Å². The van der Waals surface area contributed by atoms with Crippen LogP contribution in [0, 0.1) is 0 Å². The number of rotatable bonds is 18. The van der Waals surface area contributed by atoms with Crippen LogP contribution in [0.4, 0.5) is 0 Å². The minimum atomic E-state index is -0.655. The molecule has 5 nitrogen and oxygen atoms in total. The molecule has 0 unspecified atom stereocenters. The maximum absolute atomic E-state index is 10.3. The summed E-state index contributed by atoms with van der Waals surface area (Å²) in [6.07, 6.45) is 17.3. The molecular weight excluding hydrogens is 320 g/mol. The van der Waals surface area contributed by atoms with Gasteiger partial charge in [-0.3, -0.25) is 4.79 Å². The standard InChI is InChI=1S/C16H32O2.C4H10O3/c1-2-3-4-5-6-7-8-9-10-11-12-13-14-15-16(17)18;1-3-5-7-6-4-2/h2-15H2,1H3,(H,17,18);3-4H2,1-2H3. The van der Waals surface area contributed by atoms with E-state index in [9.17, 15) is 4.79 Å². The summed E-state index contributed by atoms with van der Waals surface area (Å²) >= 11 is 0. The Bertz CT molecular complexity index is 242. The van der Waals surface area contributed by atoms with Gasteiger partial charge in [0.05, 0.1) is 13.2 Å². The predicted octanol–water partition coefficient (Wildman–Crippen LogP) is 6.46. The lowest BCUT2D eigenvalue weighted by atomic mass is 10.0. The zero-order chi connectivity index (χ0) is 19.0. The van der Waals surface area contributed by atoms with Crippen LogP contribution in [-0.4, -0.2) is 24.3 Å². The van der Waals surface area contributed by atoms with Gasteiger partial charge in [-0.05, 0) is 20.3 Å². The molecule has 0 bridgehead atoms. The van der Waals surface area contributed by atoms with Gasteiger partial charge in [0.2, 0.25) is 0 Å². The van der Waals surface area contributed by atoms with Gasteiger partial charge >= 0.3 is 5.97 Å². The minimum Gasteiger partial charge on any atom is -0.481 e. The van der Waals surface area contributed by atoms with Gasteiger partial charge in [0.1, 0.15) is 0 Å². The third kappa shape index (κ3) is 31.6. The van der Waals surface area contributed by atoms with Crippen LogP contribution in [0.1, 0.15) is 111 Å². The minimum absolute atomic E-state index is 0.345. The van der Waals surface area contributed by atoms with Crippen molar-refractivity contribution >= 4 is 5.97 Å². The second-order valence-corrected chi connectivity index (χ2v) is 6.27. The molecule has 0 aromatic rings. The normalized spacial score (nSPS) is 10.4. The van der Waals surface area contributed by atoms with Gasteiger partial charge in [0.25, 0.3) is 0 Å². The molecule has 0 aliphatic heterocycles. The molecule has 0 aromatic heterocycles. The number of carbonyl (C=O) groups is 1. The van der Waals surface area contributed by atoms with Crippen LogP contribution in [0.15, 0.2) is 0 Å². The fraction of sp³-hybridized carbons (Fsp3) is 0.950. The molecule has 5 heteroatoms. The van der Waals surface area contributed by atoms with E-state index in [1.807, 2.05) is 13.8 Å². The van der Waals surface area contributed by atoms with E-state index in [1.165, 1.54) is 70.6 Å². The van der Waals surface area contributed by atoms with Gasteiger partial charge in [-0.2, -0.15) is 0 Å². The molecule has 0 saturated heterocycles. The topological polar surface area (TPSA) is 65.0 Å². The van der Waals surface area contributed by atoms with Crippen LogP contribution in [0.5, 0.6) is 0 Å². The number of hydrogen-bond donors (Lipinski definition) is 1. The van der Waals surface area contributed by atoms with Crippen molar-refractivity contribution < 1.29 is 24.7 Å². The first-order valence-corrected chi connectivity index (χ1v) is 10.3. The first kappa shape index (κ1) is 26.6. The summed E-state index contributed by atoms with van der Waals surface area (Å²) in [5.41, 5.74) is 0. The Balaban J connectivity index is 0. The van der Waals surface area contributed by atoms with Gasteiger partial charge in [0.15, 0.2) is 0 Å². The molecule has 152 valence electrons. The molecule has 0 amide bonds. The molecule has 0 fully saturated rings. The van der Waals surface area contributed by atoms with Crippen molar-refractivity contribution in [2.45, 2.75) is 111 Å². The van der Waals surface area contributed by atoms with Crippen molar-refractivity contribution in [3.63, 3.8) is 0 Å². The largest absolute Gasteiger partial charge is 0.481 e. The molecule has 0 atom stereocenters. The molecule has 0 aromatic carbocycles. The summed E-state index contributed by atoms with van der Waals surface area (Å²) in [7, 11) is 0. The summed E-state index contributed by atoms with van der Waals surface area (Å²) in [5, 5.41) is 12.6. The molecule has 1 N–H and O–H groups in total. The van der Waals surface area contributed by atoms with Crippen LogP contribution >= 0.6 is 0 Å². The van der Waals surface area contributed by atoms with Crippen LogP contribution in [0.3, 0.4) is 0 Å². The molecule has 0 aliphatic rings. The van der Waals surface area contributed by atoms with Crippen LogP contribution < -0.4 is 0 Å². The Kier molecular flexibility index (Phi) is 27.2. The van der Waals surface area contributed by atoms with Gasteiger partial charge in [0, 0.05) is 6.42 Å². The summed E-state index contributed by atoms with van der Waals surface area (Å²) in [4.78, 5) is 19.0. The maximum Gasteiger partial charge on any atom is 0.303 e. The van der Waals surface area contributed by atoms with Gasteiger partial charge in [-0.25, -0.2) is 9.78 Å². The van der Waals surface area contributed by atoms with Crippen molar-refractivity contribution in [2.24, 2.45) is 0 Å². The highest BCUT2D eigenvalue weighted by Crippen LogP contribution is 2.12. The summed E-state index contributed by atoms with van der Waals surface area (Å²) in [6, 6.07) is 0. The molecule has 0 aliphatic carbocycles. The molecule has 25 heavy (non-hydrogen) atoms. The third-order valence-electron chi connectivity index (χ3n) is 3.83. The number of carboxylic acids is 1. The summed E-state index contributed by atoms with van der Waals surface area (Å²) in [6.45, 7) is 6.93. The van der Waals surface area contributed by atoms with Crippen LogP contribution in [0.2, 0.25) is 0 Å². The first-order valence-electron chi connectivity index (χ1n) is 10.3. The van der Waals surface area contributed by atoms with Crippen LogP contribution in [-0.2, 0) is 19.6 Å². The van der Waals surface area contributed by atoms with Crippen molar-refractivity contribution in [1.29, 1.82) is 0 Å². The molecule has 0 spiro atoms. The predicted molar refractivity (Wildman–Crippen MR) is 102 cm³/mol. The SMILES string of the molecule is CCCCCCCCCCCCCCCC(=O)O.CCOOOCC. The Hall–Kier alpha value is -0.650. The molecule has 0 radical (unpaired) electrons. The van der Waals surface area contributed by atoms with E-state index in [4.69, 9.17) is 5.11 Å². The fourth-order valence-corrected chi connectivity index (χ4v) is 2.42. The number of hydrogen-bond acceptors (Lipinski definition) is 4. The van der Waals surface area contributed by atoms with Crippen LogP contribution in [0.25, 0.3) is 0 Å². The lowest BCUT2D eigenvalue weighted by molar-refractivity contribution is -0.509. The lowest BCUT2D eigenvalue weighted by Crippen LogP contribution is -1.94. The van der Waals surface area contributed by atoms with Crippen molar-refractivity contribution in [2.75, 3.05) is 13.2 Å². The van der Waals surface area contributed by atoms with E-state index >= 15 is 0 Å². The molecule has 0 rings (SSSR count). The highest BCUT2D eigenvalue weighted by atomic mass is 17.5. The Morgan fingerprint density at radius 1 is 0.640 bits per heavy atom. The monoisotopic (exact) mass is 362 g/mol. The summed E-state index contributed by atoms with van der Waals surface area (Å²) in [5.74, 6) is -0.655. The van der Waals surface area contributed by atoms with Crippen molar-refractivity contribution in [3.8, 4) is 0 Å². The zero-order valence-electron chi connectivity index (χ0n) is 16.9. The Morgan fingerprint density at radius 3 is 1.32 bits per heavy atom. The Labute approximate surface area is 155 Å². The molecule has 0 saturated carbocycles. The second-order valence-electron chi connectivity index (χ2n) is 6.27. The van der Waals surface area contributed by atoms with E-state index in [2.05, 4.69) is 21.7 Å². The number of unbranched alkanes of at least 4 members (excludes halogenated alkanes) is 12. The third-order valence-corrected chi connectivity index (χ3v) is 3.83. The van der Waals surface area contributed by atoms with Crippen molar-refractivity contribution in [1.82, 2.24) is 0 Å². The maximum atomic E-state index is 10.3. The number of aliphatic carboxylic acids is 1. The van der Waals surface area contributed by atoms with E-state index in [0.717, 1.165) is 12.8 Å². The van der Waals surface area contributed by atoms with E-state index in [-0.39, 0.29) is 0 Å². The highest BCUT2D eigenvalue weighted by molar-refractivity contribution is 5.66. The number of carboxylic acid groups (broad SMARTS) is 1. The molecule has 0 heterocycles. The van der Waals surface area contributed by atoms with E-state index < -0.39 is 5.97 Å². The quantitative estimate of drug-likeness (QED) is 0.172. The molecular formula is C20H42O5.